The lowest BCUT2D eigenvalue weighted by molar-refractivity contribution is -0.127. The Morgan fingerprint density at radius 2 is 0.864 bits per heavy atom. The summed E-state index contributed by atoms with van der Waals surface area (Å²) in [5.41, 5.74) is 0. The molecule has 0 amide bonds. The average Bonchev–Trinajstić information content (AvgIpc) is 2.56. The molecule has 0 fully saturated rings. The highest BCUT2D eigenvalue weighted by molar-refractivity contribution is 5.56. The molecule has 0 saturated carbocycles. The fourth-order valence-corrected chi connectivity index (χ4v) is 1.09. The normalized spacial score (nSPS) is 20.6. The Morgan fingerprint density at radius 1 is 0.591 bits per heavy atom. The molecule has 11 heteroatoms. The first-order valence-electron chi connectivity index (χ1n) is 6.22. The topological polar surface area (TPSA) is 219 Å². The molecule has 11 nitrogen and oxygen atoms in total. The zero-order valence-electron chi connectivity index (χ0n) is 11.6. The zero-order chi connectivity index (χ0) is 17.9. The van der Waals surface area contributed by atoms with Crippen LogP contribution in [0.5, 0.6) is 0 Å². The van der Waals surface area contributed by atoms with E-state index in [9.17, 15) is 4.79 Å². The number of carbonyl (C=O) groups is 1. The van der Waals surface area contributed by atoms with Crippen LogP contribution in [0.3, 0.4) is 0 Å². The number of aliphatic hydroxyl groups is 10. The number of hydrogen-bond acceptors (Lipinski definition) is 11. The lowest BCUT2D eigenvalue weighted by Crippen LogP contribution is -2.46. The molecule has 0 aromatic heterocycles. The second kappa shape index (κ2) is 12.8. The van der Waals surface area contributed by atoms with Crippen molar-refractivity contribution in [2.24, 2.45) is 0 Å². The molecule has 0 rings (SSSR count). The van der Waals surface area contributed by atoms with Crippen LogP contribution in [-0.4, -0.2) is 120 Å². The number of aliphatic hydroxyl groups excluding tert-OH is 10. The molecule has 134 valence electrons. The van der Waals surface area contributed by atoms with Crippen molar-refractivity contribution in [2.75, 3.05) is 19.8 Å². The first-order valence-corrected chi connectivity index (χ1v) is 6.22. The van der Waals surface area contributed by atoms with Crippen LogP contribution in [0.15, 0.2) is 0 Å². The van der Waals surface area contributed by atoms with Crippen LogP contribution in [0.4, 0.5) is 0 Å². The van der Waals surface area contributed by atoms with Gasteiger partial charge in [-0.2, -0.15) is 0 Å². The molecular weight excluding hydrogens is 308 g/mol. The fourth-order valence-electron chi connectivity index (χ4n) is 1.09. The van der Waals surface area contributed by atoms with Crippen molar-refractivity contribution in [1.29, 1.82) is 0 Å². The van der Waals surface area contributed by atoms with Crippen LogP contribution in [-0.2, 0) is 4.79 Å². The highest BCUT2D eigenvalue weighted by Crippen LogP contribution is 2.04. The smallest absolute Gasteiger partial charge is 0.151 e. The van der Waals surface area contributed by atoms with E-state index < -0.39 is 62.5 Å². The molecule has 0 bridgehead atoms. The summed E-state index contributed by atoms with van der Waals surface area (Å²) < 4.78 is 0. The Kier molecular flexibility index (Phi) is 13.7. The molecule has 22 heavy (non-hydrogen) atoms. The van der Waals surface area contributed by atoms with Crippen molar-refractivity contribution < 1.29 is 55.9 Å². The number of aldehydes is 1. The Hall–Kier alpha value is -0.730. The highest BCUT2D eigenvalue weighted by Gasteiger charge is 2.29. The van der Waals surface area contributed by atoms with Gasteiger partial charge in [-0.3, -0.25) is 0 Å². The number of rotatable bonds is 9. The second-order valence-electron chi connectivity index (χ2n) is 4.35. The molecule has 0 spiro atoms. The largest absolute Gasteiger partial charge is 0.394 e. The zero-order valence-corrected chi connectivity index (χ0v) is 11.6. The SMILES string of the molecule is O=C[C@@H](O)[C@H](O)[C@H](O)CO.OC[C@@H](O)[C@@H](O)[C@H](O)[C@H](O)CO. The van der Waals surface area contributed by atoms with E-state index in [4.69, 9.17) is 51.1 Å². The minimum atomic E-state index is -1.67. The van der Waals surface area contributed by atoms with Crippen LogP contribution in [0.25, 0.3) is 0 Å². The number of hydrogen-bond donors (Lipinski definition) is 10. The van der Waals surface area contributed by atoms with Gasteiger partial charge in [0.2, 0.25) is 0 Å². The van der Waals surface area contributed by atoms with E-state index in [2.05, 4.69) is 0 Å². The van der Waals surface area contributed by atoms with Gasteiger partial charge in [0.1, 0.15) is 42.7 Å². The van der Waals surface area contributed by atoms with Gasteiger partial charge in [0.25, 0.3) is 0 Å². The van der Waals surface area contributed by atoms with E-state index in [1.807, 2.05) is 0 Å². The third-order valence-corrected chi connectivity index (χ3v) is 2.58. The lowest BCUT2D eigenvalue weighted by Gasteiger charge is -2.24. The maximum Gasteiger partial charge on any atom is 0.151 e. The summed E-state index contributed by atoms with van der Waals surface area (Å²) in [4.78, 5) is 9.76. The van der Waals surface area contributed by atoms with Crippen molar-refractivity contribution in [2.45, 2.75) is 42.7 Å². The van der Waals surface area contributed by atoms with Gasteiger partial charge in [-0.25, -0.2) is 0 Å². The van der Waals surface area contributed by atoms with Gasteiger partial charge >= 0.3 is 0 Å². The van der Waals surface area contributed by atoms with Crippen LogP contribution in [0, 0.1) is 0 Å². The first-order chi connectivity index (χ1) is 10.2. The van der Waals surface area contributed by atoms with Gasteiger partial charge in [-0.05, 0) is 0 Å². The predicted octanol–water partition coefficient (Wildman–Crippen LogP) is -6.33. The summed E-state index contributed by atoms with van der Waals surface area (Å²) in [5, 5.41) is 86.2. The summed E-state index contributed by atoms with van der Waals surface area (Å²) in [5.74, 6) is 0. The molecule has 0 aromatic rings. The Morgan fingerprint density at radius 3 is 1.09 bits per heavy atom. The Labute approximate surface area is 125 Å². The summed E-state index contributed by atoms with van der Waals surface area (Å²) >= 11 is 0. The highest BCUT2D eigenvalue weighted by atomic mass is 16.4. The molecule has 0 aromatic carbocycles. The van der Waals surface area contributed by atoms with Crippen molar-refractivity contribution in [1.82, 2.24) is 0 Å². The Bertz CT molecular complexity index is 263. The third kappa shape index (κ3) is 8.65. The van der Waals surface area contributed by atoms with Crippen molar-refractivity contribution in [3.05, 3.63) is 0 Å². The third-order valence-electron chi connectivity index (χ3n) is 2.58. The number of carbonyl (C=O) groups excluding carboxylic acids is 1. The fraction of sp³-hybridized carbons (Fsp3) is 0.909. The van der Waals surface area contributed by atoms with Crippen LogP contribution in [0.2, 0.25) is 0 Å². The van der Waals surface area contributed by atoms with E-state index in [1.165, 1.54) is 0 Å². The molecule has 7 atom stereocenters. The molecule has 0 saturated heterocycles. The maximum absolute atomic E-state index is 9.76. The summed E-state index contributed by atoms with van der Waals surface area (Å²) in [6.45, 7) is -2.14. The quantitative estimate of drug-likeness (QED) is 0.179. The maximum atomic E-state index is 9.76. The van der Waals surface area contributed by atoms with Gasteiger partial charge in [-0.1, -0.05) is 0 Å². The van der Waals surface area contributed by atoms with Crippen molar-refractivity contribution in [3.8, 4) is 0 Å². The van der Waals surface area contributed by atoms with E-state index >= 15 is 0 Å². The van der Waals surface area contributed by atoms with Gasteiger partial charge in [-0.15, -0.1) is 0 Å². The second-order valence-corrected chi connectivity index (χ2v) is 4.35. The first kappa shape index (κ1) is 23.5. The molecular formula is C11H24O11. The van der Waals surface area contributed by atoms with E-state index in [1.54, 1.807) is 0 Å². The summed E-state index contributed by atoms with van der Waals surface area (Å²) in [7, 11) is 0. The molecule has 0 heterocycles. The van der Waals surface area contributed by atoms with Crippen LogP contribution < -0.4 is 0 Å². The van der Waals surface area contributed by atoms with E-state index in [-0.39, 0.29) is 6.29 Å². The molecule has 0 aliphatic heterocycles. The van der Waals surface area contributed by atoms with E-state index in [0.29, 0.717) is 0 Å². The average molecular weight is 332 g/mol. The van der Waals surface area contributed by atoms with Gasteiger partial charge in [0, 0.05) is 0 Å². The lowest BCUT2D eigenvalue weighted by atomic mass is 10.0. The van der Waals surface area contributed by atoms with E-state index in [0.717, 1.165) is 0 Å². The van der Waals surface area contributed by atoms with Gasteiger partial charge in [0.15, 0.2) is 6.29 Å². The standard InChI is InChI=1S/C6H14O6.C5H10O5/c7-1-3(9)5(11)6(12)4(10)2-8;6-1-3(8)5(10)4(9)2-7/h3-12H,1-2H2;1,3-5,7-10H,2H2/t3-,4-,5-,6-;3-,4-,5+/m11/s1. The minimum Gasteiger partial charge on any atom is -0.394 e. The molecule has 0 aliphatic carbocycles. The summed E-state index contributed by atoms with van der Waals surface area (Å²) in [6, 6.07) is 0. The van der Waals surface area contributed by atoms with Gasteiger partial charge < -0.3 is 55.9 Å². The Balaban J connectivity index is 0. The van der Waals surface area contributed by atoms with Gasteiger partial charge in [0.05, 0.1) is 19.8 Å². The predicted molar refractivity (Wildman–Crippen MR) is 69.4 cm³/mol. The van der Waals surface area contributed by atoms with Crippen molar-refractivity contribution in [3.63, 3.8) is 0 Å². The summed E-state index contributed by atoms with van der Waals surface area (Å²) in [6.07, 6.45) is -11.0. The molecule has 0 unspecified atom stereocenters. The molecule has 0 radical (unpaired) electrons. The van der Waals surface area contributed by atoms with Crippen molar-refractivity contribution >= 4 is 6.29 Å². The van der Waals surface area contributed by atoms with Crippen LogP contribution in [0.1, 0.15) is 0 Å². The monoisotopic (exact) mass is 332 g/mol. The molecule has 10 N–H and O–H groups in total. The minimum absolute atomic E-state index is 0.0869. The van der Waals surface area contributed by atoms with Crippen LogP contribution >= 0.6 is 0 Å². The molecule has 0 aliphatic rings.